The van der Waals surface area contributed by atoms with Crippen LogP contribution in [0.25, 0.3) is 22.5 Å². The van der Waals surface area contributed by atoms with Gasteiger partial charge in [-0.25, -0.2) is 14.8 Å². The number of hydrogen-bond acceptors (Lipinski definition) is 7. The molecule has 0 atom stereocenters. The molecule has 3 aromatic carbocycles. The van der Waals surface area contributed by atoms with E-state index in [4.69, 9.17) is 14.2 Å². The van der Waals surface area contributed by atoms with Gasteiger partial charge in [0.1, 0.15) is 18.0 Å². The van der Waals surface area contributed by atoms with Gasteiger partial charge in [0, 0.05) is 35.6 Å². The third-order valence-electron chi connectivity index (χ3n) is 7.19. The lowest BCUT2D eigenvalue weighted by molar-refractivity contribution is -0.154. The second-order valence-corrected chi connectivity index (χ2v) is 12.2. The average molecular weight is 624 g/mol. The number of amides is 1. The summed E-state index contributed by atoms with van der Waals surface area (Å²) in [6.07, 6.45) is 9.53. The standard InChI is InChI=1S/C38H45N3O5/c1-5-6-7-8-12-23-44-33-20-17-29(18-21-33)32-25-39-36(40-26-32)31-16-15-30(19-22-35(42)46-38(2,3)4)34(24-31)41-37(43)45-27-28-13-10-9-11-14-28/h9-11,13-18,20-21,24-26H,5-8,12,19,22-23,27H2,1-4H3,(H,41,43). The predicted molar refractivity (Wildman–Crippen MR) is 182 cm³/mol. The van der Waals surface area contributed by atoms with Crippen molar-refractivity contribution in [2.24, 2.45) is 0 Å². The molecule has 4 rings (SSSR count). The molecule has 0 saturated heterocycles. The number of anilines is 1. The molecule has 1 amide bonds. The summed E-state index contributed by atoms with van der Waals surface area (Å²) in [7, 11) is 0. The van der Waals surface area contributed by atoms with Crippen molar-refractivity contribution < 1.29 is 23.8 Å². The SMILES string of the molecule is CCCCCCCOc1ccc(-c2cnc(-c3ccc(CCC(=O)OC(C)(C)C)c(NC(=O)OCc4ccccc4)c3)nc2)cc1. The molecular weight excluding hydrogens is 578 g/mol. The zero-order valence-corrected chi connectivity index (χ0v) is 27.4. The van der Waals surface area contributed by atoms with Gasteiger partial charge in [-0.1, -0.05) is 87.2 Å². The minimum atomic E-state index is -0.597. The van der Waals surface area contributed by atoms with Gasteiger partial charge in [-0.2, -0.15) is 0 Å². The summed E-state index contributed by atoms with van der Waals surface area (Å²) in [5, 5.41) is 2.85. The number of hydrogen-bond donors (Lipinski definition) is 1. The molecule has 0 fully saturated rings. The van der Waals surface area contributed by atoms with Gasteiger partial charge in [-0.05, 0) is 68.5 Å². The number of rotatable bonds is 15. The molecule has 1 aromatic heterocycles. The fourth-order valence-electron chi connectivity index (χ4n) is 4.81. The zero-order chi connectivity index (χ0) is 32.8. The van der Waals surface area contributed by atoms with Crippen LogP contribution in [-0.4, -0.2) is 34.2 Å². The maximum absolute atomic E-state index is 12.8. The van der Waals surface area contributed by atoms with E-state index >= 15 is 0 Å². The molecule has 0 aliphatic carbocycles. The van der Waals surface area contributed by atoms with Gasteiger partial charge >= 0.3 is 12.1 Å². The molecule has 8 nitrogen and oxygen atoms in total. The number of ether oxygens (including phenoxy) is 3. The summed E-state index contributed by atoms with van der Waals surface area (Å²) in [5.74, 6) is 1.05. The minimum absolute atomic E-state index is 0.135. The normalized spacial score (nSPS) is 11.1. The molecule has 0 radical (unpaired) electrons. The topological polar surface area (TPSA) is 99.6 Å². The molecule has 0 aliphatic rings. The van der Waals surface area contributed by atoms with E-state index < -0.39 is 11.7 Å². The van der Waals surface area contributed by atoms with Crippen LogP contribution < -0.4 is 10.1 Å². The first kappa shape index (κ1) is 34.2. The summed E-state index contributed by atoms with van der Waals surface area (Å²) >= 11 is 0. The van der Waals surface area contributed by atoms with Crippen LogP contribution in [0, 0.1) is 0 Å². The maximum Gasteiger partial charge on any atom is 0.411 e. The van der Waals surface area contributed by atoms with Crippen LogP contribution in [0.2, 0.25) is 0 Å². The number of nitrogens with zero attached hydrogens (tertiary/aromatic N) is 2. The number of carbonyl (C=O) groups excluding carboxylic acids is 2. The van der Waals surface area contributed by atoms with Gasteiger partial charge in [0.05, 0.1) is 6.61 Å². The van der Waals surface area contributed by atoms with E-state index in [0.717, 1.165) is 41.0 Å². The lowest BCUT2D eigenvalue weighted by atomic mass is 10.0. The first-order chi connectivity index (χ1) is 22.2. The van der Waals surface area contributed by atoms with Gasteiger partial charge in [0.25, 0.3) is 0 Å². The van der Waals surface area contributed by atoms with Crippen molar-refractivity contribution in [3.63, 3.8) is 0 Å². The molecule has 8 heteroatoms. The van der Waals surface area contributed by atoms with Crippen LogP contribution in [0.15, 0.2) is 85.2 Å². The van der Waals surface area contributed by atoms with Crippen molar-refractivity contribution in [1.82, 2.24) is 9.97 Å². The Kier molecular flexibility index (Phi) is 12.7. The Morgan fingerprint density at radius 1 is 0.804 bits per heavy atom. The smallest absolute Gasteiger partial charge is 0.411 e. The molecule has 1 N–H and O–H groups in total. The molecule has 0 unspecified atom stereocenters. The summed E-state index contributed by atoms with van der Waals surface area (Å²) in [6.45, 7) is 8.58. The number of aromatic nitrogens is 2. The van der Waals surface area contributed by atoms with E-state index in [0.29, 0.717) is 23.5 Å². The van der Waals surface area contributed by atoms with Crippen LogP contribution in [0.5, 0.6) is 5.75 Å². The summed E-state index contributed by atoms with van der Waals surface area (Å²) < 4.78 is 16.8. The highest BCUT2D eigenvalue weighted by Gasteiger charge is 2.18. The lowest BCUT2D eigenvalue weighted by Gasteiger charge is -2.19. The Bertz CT molecular complexity index is 1530. The molecular formula is C38H45N3O5. The predicted octanol–water partition coefficient (Wildman–Crippen LogP) is 9.18. The Hall–Kier alpha value is -4.72. The molecule has 0 bridgehead atoms. The highest BCUT2D eigenvalue weighted by atomic mass is 16.6. The molecule has 0 spiro atoms. The first-order valence-electron chi connectivity index (χ1n) is 16.1. The molecule has 242 valence electrons. The van der Waals surface area contributed by atoms with Crippen LogP contribution >= 0.6 is 0 Å². The average Bonchev–Trinajstić information content (AvgIpc) is 3.05. The van der Waals surface area contributed by atoms with Crippen molar-refractivity contribution in [3.05, 3.63) is 96.3 Å². The fraction of sp³-hybridized carbons (Fsp3) is 0.368. The van der Waals surface area contributed by atoms with Crippen molar-refractivity contribution in [1.29, 1.82) is 0 Å². The van der Waals surface area contributed by atoms with E-state index in [9.17, 15) is 9.59 Å². The van der Waals surface area contributed by atoms with Gasteiger partial charge in [-0.15, -0.1) is 0 Å². The Morgan fingerprint density at radius 3 is 2.20 bits per heavy atom. The highest BCUT2D eigenvalue weighted by Crippen LogP contribution is 2.27. The number of benzene rings is 3. The van der Waals surface area contributed by atoms with Gasteiger partial charge in [0.15, 0.2) is 5.82 Å². The number of esters is 1. The molecule has 46 heavy (non-hydrogen) atoms. The third kappa shape index (κ3) is 11.3. The zero-order valence-electron chi connectivity index (χ0n) is 27.4. The Labute approximate surface area is 272 Å². The van der Waals surface area contributed by atoms with E-state index in [1.807, 2.05) is 87.5 Å². The van der Waals surface area contributed by atoms with Crippen LogP contribution in [-0.2, 0) is 27.3 Å². The van der Waals surface area contributed by atoms with Crippen LogP contribution in [0.1, 0.15) is 77.3 Å². The lowest BCUT2D eigenvalue weighted by Crippen LogP contribution is -2.24. The first-order valence-corrected chi connectivity index (χ1v) is 16.1. The van der Waals surface area contributed by atoms with Crippen molar-refractivity contribution in [2.75, 3.05) is 11.9 Å². The molecule has 4 aromatic rings. The van der Waals surface area contributed by atoms with Crippen molar-refractivity contribution >= 4 is 17.7 Å². The number of carbonyl (C=O) groups is 2. The van der Waals surface area contributed by atoms with Gasteiger partial charge in [0.2, 0.25) is 0 Å². The molecule has 1 heterocycles. The van der Waals surface area contributed by atoms with Crippen LogP contribution in [0.4, 0.5) is 10.5 Å². The maximum atomic E-state index is 12.8. The summed E-state index contributed by atoms with van der Waals surface area (Å²) in [4.78, 5) is 34.4. The number of nitrogens with one attached hydrogen (secondary N) is 1. The van der Waals surface area contributed by atoms with E-state index in [2.05, 4.69) is 22.2 Å². The summed E-state index contributed by atoms with van der Waals surface area (Å²) in [6, 6.07) is 23.0. The fourth-order valence-corrected chi connectivity index (χ4v) is 4.81. The summed E-state index contributed by atoms with van der Waals surface area (Å²) in [5.41, 5.74) is 4.18. The number of aryl methyl sites for hydroxylation is 1. The Balaban J connectivity index is 1.44. The minimum Gasteiger partial charge on any atom is -0.494 e. The van der Waals surface area contributed by atoms with Crippen molar-refractivity contribution in [2.45, 2.75) is 84.8 Å². The molecule has 0 saturated carbocycles. The van der Waals surface area contributed by atoms with E-state index in [1.54, 1.807) is 18.5 Å². The molecule has 0 aliphatic heterocycles. The monoisotopic (exact) mass is 623 g/mol. The quantitative estimate of drug-likeness (QED) is 0.104. The van der Waals surface area contributed by atoms with Gasteiger partial charge in [-0.3, -0.25) is 10.1 Å². The third-order valence-corrected chi connectivity index (χ3v) is 7.19. The second-order valence-electron chi connectivity index (χ2n) is 12.2. The second kappa shape index (κ2) is 17.1. The largest absolute Gasteiger partial charge is 0.494 e. The van der Waals surface area contributed by atoms with E-state index in [-0.39, 0.29) is 19.0 Å². The van der Waals surface area contributed by atoms with Gasteiger partial charge < -0.3 is 14.2 Å². The highest BCUT2D eigenvalue weighted by molar-refractivity contribution is 5.87. The van der Waals surface area contributed by atoms with Crippen LogP contribution in [0.3, 0.4) is 0 Å². The number of unbranched alkanes of at least 4 members (excludes halogenated alkanes) is 4. The Morgan fingerprint density at radius 2 is 1.50 bits per heavy atom. The van der Waals surface area contributed by atoms with E-state index in [1.165, 1.54) is 25.7 Å². The van der Waals surface area contributed by atoms with Crippen molar-refractivity contribution in [3.8, 4) is 28.3 Å².